The Morgan fingerprint density at radius 3 is 2.60 bits per heavy atom. The van der Waals surface area contributed by atoms with Gasteiger partial charge in [0, 0.05) is 12.1 Å². The zero-order valence-electron chi connectivity index (χ0n) is 6.80. The summed E-state index contributed by atoms with van der Waals surface area (Å²) in [5.41, 5.74) is 5.93. The maximum Gasteiger partial charge on any atom is 0.0448 e. The van der Waals surface area contributed by atoms with Gasteiger partial charge in [0.2, 0.25) is 0 Å². The van der Waals surface area contributed by atoms with Crippen LogP contribution in [-0.4, -0.2) is 17.3 Å². The lowest BCUT2D eigenvalue weighted by Gasteiger charge is -2.10. The molecule has 0 aromatic carbocycles. The Kier molecular flexibility index (Phi) is 2.02. The van der Waals surface area contributed by atoms with Crippen LogP contribution in [0.25, 0.3) is 0 Å². The van der Waals surface area contributed by atoms with Gasteiger partial charge in [-0.15, -0.1) is 0 Å². The van der Waals surface area contributed by atoms with Crippen LogP contribution >= 0.6 is 0 Å². The van der Waals surface area contributed by atoms with Gasteiger partial charge in [0.1, 0.15) is 0 Å². The van der Waals surface area contributed by atoms with Gasteiger partial charge in [-0.25, -0.2) is 0 Å². The summed E-state index contributed by atoms with van der Waals surface area (Å²) in [7, 11) is 0. The topological polar surface area (TPSA) is 46.2 Å². The molecule has 1 aliphatic rings. The second-order valence-electron chi connectivity index (χ2n) is 3.76. The minimum atomic E-state index is -0.0110. The molecule has 0 saturated heterocycles. The summed E-state index contributed by atoms with van der Waals surface area (Å²) in [4.78, 5) is 0. The van der Waals surface area contributed by atoms with Gasteiger partial charge in [0.05, 0.1) is 0 Å². The van der Waals surface area contributed by atoms with Crippen LogP contribution in [0.2, 0.25) is 0 Å². The first-order valence-corrected chi connectivity index (χ1v) is 4.00. The largest absolute Gasteiger partial charge is 0.396 e. The molecule has 0 bridgehead atoms. The molecular weight excluding hydrogens is 126 g/mol. The molecule has 0 aliphatic heterocycles. The van der Waals surface area contributed by atoms with E-state index in [4.69, 9.17) is 10.8 Å². The van der Waals surface area contributed by atoms with Gasteiger partial charge < -0.3 is 10.8 Å². The number of nitrogens with two attached hydrogens (primary N) is 1. The SMILES string of the molecule is CC(C)C1CC1(N)CCO. The van der Waals surface area contributed by atoms with E-state index in [1.807, 2.05) is 0 Å². The number of aliphatic hydroxyl groups is 1. The Morgan fingerprint density at radius 1 is 1.70 bits per heavy atom. The normalized spacial score (nSPS) is 38.7. The molecule has 0 spiro atoms. The molecule has 1 rings (SSSR count). The molecule has 0 aromatic rings. The third-order valence-corrected chi connectivity index (χ3v) is 2.56. The summed E-state index contributed by atoms with van der Waals surface area (Å²) in [6.07, 6.45) is 1.88. The van der Waals surface area contributed by atoms with Crippen LogP contribution in [0.3, 0.4) is 0 Å². The van der Waals surface area contributed by atoms with Crippen molar-refractivity contribution < 1.29 is 5.11 Å². The summed E-state index contributed by atoms with van der Waals surface area (Å²) < 4.78 is 0. The summed E-state index contributed by atoms with van der Waals surface area (Å²) in [5.74, 6) is 1.33. The van der Waals surface area contributed by atoms with Crippen LogP contribution in [0.1, 0.15) is 26.7 Å². The van der Waals surface area contributed by atoms with E-state index in [2.05, 4.69) is 13.8 Å². The lowest BCUT2D eigenvalue weighted by atomic mass is 10.0. The maximum atomic E-state index is 8.66. The molecule has 1 aliphatic carbocycles. The molecule has 60 valence electrons. The van der Waals surface area contributed by atoms with E-state index in [9.17, 15) is 0 Å². The van der Waals surface area contributed by atoms with E-state index >= 15 is 0 Å². The fourth-order valence-corrected chi connectivity index (χ4v) is 1.75. The molecule has 2 atom stereocenters. The van der Waals surface area contributed by atoms with Crippen molar-refractivity contribution in [3.8, 4) is 0 Å². The van der Waals surface area contributed by atoms with E-state index in [-0.39, 0.29) is 12.1 Å². The minimum absolute atomic E-state index is 0.0110. The molecule has 10 heavy (non-hydrogen) atoms. The van der Waals surface area contributed by atoms with Gasteiger partial charge in [-0.05, 0) is 24.7 Å². The van der Waals surface area contributed by atoms with E-state index in [1.165, 1.54) is 0 Å². The molecule has 0 amide bonds. The van der Waals surface area contributed by atoms with Crippen LogP contribution in [0.15, 0.2) is 0 Å². The van der Waals surface area contributed by atoms with Crippen LogP contribution in [-0.2, 0) is 0 Å². The van der Waals surface area contributed by atoms with E-state index in [1.54, 1.807) is 0 Å². The van der Waals surface area contributed by atoms with Crippen molar-refractivity contribution in [2.24, 2.45) is 17.6 Å². The fourth-order valence-electron chi connectivity index (χ4n) is 1.75. The standard InChI is InChI=1S/C8H17NO/c1-6(2)7-5-8(7,9)3-4-10/h6-7,10H,3-5,9H2,1-2H3. The van der Waals surface area contributed by atoms with Crippen molar-refractivity contribution in [3.63, 3.8) is 0 Å². The molecule has 1 fully saturated rings. The number of hydrogen-bond donors (Lipinski definition) is 2. The Labute approximate surface area is 62.4 Å². The molecule has 0 aromatic heterocycles. The first-order chi connectivity index (χ1) is 4.60. The number of rotatable bonds is 3. The van der Waals surface area contributed by atoms with E-state index in [0.717, 1.165) is 12.8 Å². The van der Waals surface area contributed by atoms with Crippen molar-refractivity contribution in [3.05, 3.63) is 0 Å². The predicted molar refractivity (Wildman–Crippen MR) is 41.6 cm³/mol. The van der Waals surface area contributed by atoms with Gasteiger partial charge in [-0.3, -0.25) is 0 Å². The molecule has 2 unspecified atom stereocenters. The number of hydrogen-bond acceptors (Lipinski definition) is 2. The van der Waals surface area contributed by atoms with Crippen molar-refractivity contribution in [2.75, 3.05) is 6.61 Å². The van der Waals surface area contributed by atoms with Crippen LogP contribution < -0.4 is 5.73 Å². The third-order valence-electron chi connectivity index (χ3n) is 2.56. The van der Waals surface area contributed by atoms with Gasteiger partial charge in [-0.1, -0.05) is 13.8 Å². The average molecular weight is 143 g/mol. The molecule has 1 saturated carbocycles. The van der Waals surface area contributed by atoms with Crippen LogP contribution in [0, 0.1) is 11.8 Å². The Hall–Kier alpha value is -0.0800. The molecule has 2 heteroatoms. The Balaban J connectivity index is 2.33. The van der Waals surface area contributed by atoms with E-state index in [0.29, 0.717) is 11.8 Å². The highest BCUT2D eigenvalue weighted by Gasteiger charge is 2.51. The zero-order valence-corrected chi connectivity index (χ0v) is 6.80. The minimum Gasteiger partial charge on any atom is -0.396 e. The smallest absolute Gasteiger partial charge is 0.0448 e. The second kappa shape index (κ2) is 2.51. The lowest BCUT2D eigenvalue weighted by Crippen LogP contribution is -2.27. The predicted octanol–water partition coefficient (Wildman–Crippen LogP) is 0.742. The van der Waals surface area contributed by atoms with Gasteiger partial charge in [0.15, 0.2) is 0 Å². The van der Waals surface area contributed by atoms with Crippen molar-refractivity contribution >= 4 is 0 Å². The average Bonchev–Trinajstić information content (AvgIpc) is 2.43. The van der Waals surface area contributed by atoms with Crippen molar-refractivity contribution in [2.45, 2.75) is 32.2 Å². The highest BCUT2D eigenvalue weighted by Crippen LogP contribution is 2.48. The Bertz CT molecular complexity index is 124. The van der Waals surface area contributed by atoms with Gasteiger partial charge in [0.25, 0.3) is 0 Å². The molecule has 2 nitrogen and oxygen atoms in total. The Morgan fingerprint density at radius 2 is 2.30 bits per heavy atom. The monoisotopic (exact) mass is 143 g/mol. The zero-order chi connectivity index (χ0) is 7.78. The van der Waals surface area contributed by atoms with Crippen LogP contribution in [0.5, 0.6) is 0 Å². The quantitative estimate of drug-likeness (QED) is 0.612. The highest BCUT2D eigenvalue weighted by molar-refractivity contribution is 5.08. The van der Waals surface area contributed by atoms with Crippen molar-refractivity contribution in [1.82, 2.24) is 0 Å². The maximum absolute atomic E-state index is 8.66. The van der Waals surface area contributed by atoms with Gasteiger partial charge in [-0.2, -0.15) is 0 Å². The summed E-state index contributed by atoms with van der Waals surface area (Å²) in [6, 6.07) is 0. The molecule has 3 N–H and O–H groups in total. The molecule has 0 radical (unpaired) electrons. The lowest BCUT2D eigenvalue weighted by molar-refractivity contribution is 0.263. The summed E-state index contributed by atoms with van der Waals surface area (Å²) in [6.45, 7) is 4.62. The van der Waals surface area contributed by atoms with Crippen molar-refractivity contribution in [1.29, 1.82) is 0 Å². The second-order valence-corrected chi connectivity index (χ2v) is 3.76. The first-order valence-electron chi connectivity index (χ1n) is 4.00. The summed E-state index contributed by atoms with van der Waals surface area (Å²) in [5, 5.41) is 8.66. The van der Waals surface area contributed by atoms with Crippen LogP contribution in [0.4, 0.5) is 0 Å². The summed E-state index contributed by atoms with van der Waals surface area (Å²) >= 11 is 0. The highest BCUT2D eigenvalue weighted by atomic mass is 16.3. The molecular formula is C8H17NO. The van der Waals surface area contributed by atoms with Gasteiger partial charge >= 0.3 is 0 Å². The first kappa shape index (κ1) is 8.02. The fraction of sp³-hybridized carbons (Fsp3) is 1.00. The molecule has 0 heterocycles. The van der Waals surface area contributed by atoms with E-state index < -0.39 is 0 Å². The number of aliphatic hydroxyl groups excluding tert-OH is 1. The third kappa shape index (κ3) is 1.32.